The van der Waals surface area contributed by atoms with E-state index in [1.165, 1.54) is 0 Å². The van der Waals surface area contributed by atoms with Crippen molar-refractivity contribution in [1.82, 2.24) is 9.88 Å². The van der Waals surface area contributed by atoms with E-state index in [1.807, 2.05) is 24.3 Å². The van der Waals surface area contributed by atoms with Gasteiger partial charge >= 0.3 is 5.97 Å². The fourth-order valence-corrected chi connectivity index (χ4v) is 2.81. The van der Waals surface area contributed by atoms with Crippen molar-refractivity contribution in [2.24, 2.45) is 0 Å². The Morgan fingerprint density at radius 1 is 1.33 bits per heavy atom. The Morgan fingerprint density at radius 2 is 2.19 bits per heavy atom. The van der Waals surface area contributed by atoms with Crippen LogP contribution in [0.15, 0.2) is 36.5 Å². The van der Waals surface area contributed by atoms with Gasteiger partial charge in [0.05, 0.1) is 16.3 Å². The van der Waals surface area contributed by atoms with Gasteiger partial charge in [-0.3, -0.25) is 9.88 Å². The number of rotatable bonds is 3. The fraction of sp³-hybridized carbons (Fsp3) is 0.250. The van der Waals surface area contributed by atoms with Crippen molar-refractivity contribution < 1.29 is 9.90 Å². The number of hydrogen-bond donors (Lipinski definition) is 1. The molecule has 0 saturated heterocycles. The Labute approximate surface area is 128 Å². The van der Waals surface area contributed by atoms with Gasteiger partial charge in [-0.25, -0.2) is 4.79 Å². The lowest BCUT2D eigenvalue weighted by Gasteiger charge is -2.29. The minimum atomic E-state index is -0.863. The molecule has 0 saturated carbocycles. The Balaban J connectivity index is 1.80. The summed E-state index contributed by atoms with van der Waals surface area (Å²) in [5, 5.41) is 9.92. The SMILES string of the molecule is O=C(O)c1cccc2c1CN(Cc1ccc(Cl)cn1)CC2. The highest BCUT2D eigenvalue weighted by molar-refractivity contribution is 6.30. The molecule has 2 heterocycles. The summed E-state index contributed by atoms with van der Waals surface area (Å²) in [7, 11) is 0. The van der Waals surface area contributed by atoms with E-state index in [0.717, 1.165) is 29.8 Å². The molecule has 1 aliphatic rings. The molecule has 1 aliphatic heterocycles. The van der Waals surface area contributed by atoms with Gasteiger partial charge in [0.15, 0.2) is 0 Å². The molecule has 0 aliphatic carbocycles. The van der Waals surface area contributed by atoms with Crippen molar-refractivity contribution in [1.29, 1.82) is 0 Å². The van der Waals surface area contributed by atoms with Crippen LogP contribution in [0.4, 0.5) is 0 Å². The molecule has 3 rings (SSSR count). The standard InChI is InChI=1S/C16H15ClN2O2/c17-12-4-5-13(18-8-12)9-19-7-6-11-2-1-3-14(16(20)21)15(11)10-19/h1-5,8H,6-7,9-10H2,(H,20,21). The number of hydrogen-bond acceptors (Lipinski definition) is 3. The lowest BCUT2D eigenvalue weighted by Crippen LogP contribution is -2.31. The largest absolute Gasteiger partial charge is 0.478 e. The predicted molar refractivity (Wildman–Crippen MR) is 80.5 cm³/mol. The van der Waals surface area contributed by atoms with E-state index in [4.69, 9.17) is 11.6 Å². The van der Waals surface area contributed by atoms with Crippen LogP contribution in [0.25, 0.3) is 0 Å². The summed E-state index contributed by atoms with van der Waals surface area (Å²) >= 11 is 5.84. The number of carbonyl (C=O) groups is 1. The predicted octanol–water partition coefficient (Wildman–Crippen LogP) is 2.99. The monoisotopic (exact) mass is 302 g/mol. The molecule has 108 valence electrons. The smallest absolute Gasteiger partial charge is 0.336 e. The molecule has 2 aromatic rings. The third-order valence-electron chi connectivity index (χ3n) is 3.76. The Bertz CT molecular complexity index is 670. The van der Waals surface area contributed by atoms with Crippen LogP contribution in [0.3, 0.4) is 0 Å². The number of benzene rings is 1. The Morgan fingerprint density at radius 3 is 2.90 bits per heavy atom. The molecule has 4 nitrogen and oxygen atoms in total. The summed E-state index contributed by atoms with van der Waals surface area (Å²) in [5.41, 5.74) is 3.40. The first-order chi connectivity index (χ1) is 10.1. The number of fused-ring (bicyclic) bond motifs is 1. The van der Waals surface area contributed by atoms with Gasteiger partial charge in [-0.2, -0.15) is 0 Å². The maximum Gasteiger partial charge on any atom is 0.336 e. The zero-order valence-electron chi connectivity index (χ0n) is 11.4. The van der Waals surface area contributed by atoms with Crippen molar-refractivity contribution in [3.8, 4) is 0 Å². The van der Waals surface area contributed by atoms with Crippen LogP contribution < -0.4 is 0 Å². The number of carboxylic acid groups (broad SMARTS) is 1. The molecule has 0 unspecified atom stereocenters. The number of carboxylic acids is 1. The number of halogens is 1. The quantitative estimate of drug-likeness (QED) is 0.947. The van der Waals surface area contributed by atoms with Crippen LogP contribution in [0.1, 0.15) is 27.2 Å². The van der Waals surface area contributed by atoms with E-state index in [2.05, 4.69) is 9.88 Å². The van der Waals surface area contributed by atoms with Gasteiger partial charge in [-0.15, -0.1) is 0 Å². The van der Waals surface area contributed by atoms with Gasteiger partial charge in [0, 0.05) is 25.8 Å². The molecule has 0 fully saturated rings. The average molecular weight is 303 g/mol. The van der Waals surface area contributed by atoms with Gasteiger partial charge in [0.2, 0.25) is 0 Å². The summed E-state index contributed by atoms with van der Waals surface area (Å²) < 4.78 is 0. The van der Waals surface area contributed by atoms with Crippen LogP contribution in [-0.2, 0) is 19.5 Å². The zero-order chi connectivity index (χ0) is 14.8. The molecule has 1 N–H and O–H groups in total. The number of aromatic carboxylic acids is 1. The highest BCUT2D eigenvalue weighted by Gasteiger charge is 2.21. The summed E-state index contributed by atoms with van der Waals surface area (Å²) in [6.07, 6.45) is 2.50. The van der Waals surface area contributed by atoms with Gasteiger partial charge in [-0.1, -0.05) is 23.7 Å². The first-order valence-corrected chi connectivity index (χ1v) is 7.18. The highest BCUT2D eigenvalue weighted by Crippen LogP contribution is 2.24. The highest BCUT2D eigenvalue weighted by atomic mass is 35.5. The third kappa shape index (κ3) is 3.06. The summed E-state index contributed by atoms with van der Waals surface area (Å²) in [6, 6.07) is 9.23. The minimum absolute atomic E-state index is 0.404. The van der Waals surface area contributed by atoms with Crippen LogP contribution in [0, 0.1) is 0 Å². The molecule has 1 aromatic heterocycles. The second-order valence-corrected chi connectivity index (χ2v) is 5.61. The van der Waals surface area contributed by atoms with E-state index < -0.39 is 5.97 Å². The topological polar surface area (TPSA) is 53.4 Å². The van der Waals surface area contributed by atoms with Gasteiger partial charge < -0.3 is 5.11 Å². The van der Waals surface area contributed by atoms with Gasteiger partial charge in [0.1, 0.15) is 0 Å². The third-order valence-corrected chi connectivity index (χ3v) is 3.98. The van der Waals surface area contributed by atoms with Crippen molar-refractivity contribution in [3.05, 3.63) is 63.9 Å². The van der Waals surface area contributed by atoms with Crippen molar-refractivity contribution in [2.45, 2.75) is 19.5 Å². The van der Waals surface area contributed by atoms with Gasteiger partial charge in [0.25, 0.3) is 0 Å². The second-order valence-electron chi connectivity index (χ2n) is 5.18. The van der Waals surface area contributed by atoms with E-state index in [1.54, 1.807) is 12.3 Å². The van der Waals surface area contributed by atoms with Crippen LogP contribution in [0.2, 0.25) is 5.02 Å². The van der Waals surface area contributed by atoms with E-state index in [9.17, 15) is 9.90 Å². The Hall–Kier alpha value is -1.91. The van der Waals surface area contributed by atoms with E-state index in [-0.39, 0.29) is 0 Å². The molecule has 5 heteroatoms. The lowest BCUT2D eigenvalue weighted by atomic mass is 9.95. The molecule has 0 radical (unpaired) electrons. The molecule has 0 spiro atoms. The summed E-state index contributed by atoms with van der Waals surface area (Å²) in [5.74, 6) is -0.863. The molecule has 21 heavy (non-hydrogen) atoms. The first-order valence-electron chi connectivity index (χ1n) is 6.80. The fourth-order valence-electron chi connectivity index (χ4n) is 2.70. The lowest BCUT2D eigenvalue weighted by molar-refractivity contribution is 0.0693. The number of pyridine rings is 1. The summed E-state index contributed by atoms with van der Waals surface area (Å²) in [6.45, 7) is 2.24. The van der Waals surface area contributed by atoms with Crippen molar-refractivity contribution >= 4 is 17.6 Å². The number of aromatic nitrogens is 1. The molecular weight excluding hydrogens is 288 g/mol. The van der Waals surface area contributed by atoms with Gasteiger partial charge in [-0.05, 0) is 35.7 Å². The normalized spacial score (nSPS) is 14.7. The van der Waals surface area contributed by atoms with Crippen molar-refractivity contribution in [2.75, 3.05) is 6.54 Å². The molecule has 1 aromatic carbocycles. The maximum atomic E-state index is 11.3. The molecule has 0 amide bonds. The number of nitrogens with zero attached hydrogens (tertiary/aromatic N) is 2. The van der Waals surface area contributed by atoms with E-state index in [0.29, 0.717) is 23.7 Å². The first kappa shape index (κ1) is 14.0. The maximum absolute atomic E-state index is 11.3. The molecule has 0 bridgehead atoms. The summed E-state index contributed by atoms with van der Waals surface area (Å²) in [4.78, 5) is 17.8. The van der Waals surface area contributed by atoms with Crippen LogP contribution in [0.5, 0.6) is 0 Å². The zero-order valence-corrected chi connectivity index (χ0v) is 12.2. The van der Waals surface area contributed by atoms with Crippen LogP contribution in [-0.4, -0.2) is 27.5 Å². The average Bonchev–Trinajstić information content (AvgIpc) is 2.49. The van der Waals surface area contributed by atoms with Crippen molar-refractivity contribution in [3.63, 3.8) is 0 Å². The second kappa shape index (κ2) is 5.84. The molecule has 0 atom stereocenters. The van der Waals surface area contributed by atoms with Crippen LogP contribution >= 0.6 is 11.6 Å². The molecular formula is C16H15ClN2O2. The van der Waals surface area contributed by atoms with E-state index >= 15 is 0 Å². The Kier molecular flexibility index (Phi) is 3.90. The minimum Gasteiger partial charge on any atom is -0.478 e.